The van der Waals surface area contributed by atoms with Gasteiger partial charge in [-0.2, -0.15) is 0 Å². The number of hydrogen-bond acceptors (Lipinski definition) is 4. The summed E-state index contributed by atoms with van der Waals surface area (Å²) in [6.45, 7) is 4.63. The third-order valence-corrected chi connectivity index (χ3v) is 2.89. The van der Waals surface area contributed by atoms with Crippen LogP contribution in [0.2, 0.25) is 0 Å². The molecule has 0 saturated heterocycles. The van der Waals surface area contributed by atoms with Gasteiger partial charge in [-0.05, 0) is 31.5 Å². The minimum atomic E-state index is 0.0700. The standard InChI is InChI=1S/C14H17N3O/c1-10-3-4-13(14(18)7-10)11(2)16-8-12-5-6-15-9-17-12/h3-7,9,11,16,18H,8H2,1-2H3. The van der Waals surface area contributed by atoms with E-state index in [-0.39, 0.29) is 6.04 Å². The Morgan fingerprint density at radius 1 is 1.33 bits per heavy atom. The second-order valence-electron chi connectivity index (χ2n) is 4.37. The van der Waals surface area contributed by atoms with Crippen molar-refractivity contribution in [2.75, 3.05) is 0 Å². The third-order valence-electron chi connectivity index (χ3n) is 2.89. The summed E-state index contributed by atoms with van der Waals surface area (Å²) in [5.41, 5.74) is 2.89. The molecule has 94 valence electrons. The van der Waals surface area contributed by atoms with E-state index in [4.69, 9.17) is 0 Å². The zero-order chi connectivity index (χ0) is 13.0. The first-order valence-corrected chi connectivity index (χ1v) is 5.94. The van der Waals surface area contributed by atoms with Crippen LogP contribution in [0.15, 0.2) is 36.8 Å². The summed E-state index contributed by atoms with van der Waals surface area (Å²) in [6.07, 6.45) is 3.25. The number of aromatic nitrogens is 2. The summed E-state index contributed by atoms with van der Waals surface area (Å²) in [5.74, 6) is 0.331. The molecule has 0 aliphatic carbocycles. The molecule has 0 bridgehead atoms. The molecule has 18 heavy (non-hydrogen) atoms. The van der Waals surface area contributed by atoms with Crippen molar-refractivity contribution in [1.29, 1.82) is 0 Å². The number of hydrogen-bond donors (Lipinski definition) is 2. The molecule has 0 aliphatic heterocycles. The van der Waals surface area contributed by atoms with Gasteiger partial charge in [0.15, 0.2) is 0 Å². The summed E-state index contributed by atoms with van der Waals surface area (Å²) in [5, 5.41) is 13.2. The highest BCUT2D eigenvalue weighted by atomic mass is 16.3. The highest BCUT2D eigenvalue weighted by Crippen LogP contribution is 2.24. The Morgan fingerprint density at radius 3 is 2.83 bits per heavy atom. The summed E-state index contributed by atoms with van der Waals surface area (Å²) in [6, 6.07) is 7.66. The SMILES string of the molecule is Cc1ccc(C(C)NCc2ccncn2)c(O)c1. The van der Waals surface area contributed by atoms with Gasteiger partial charge in [0.25, 0.3) is 0 Å². The summed E-state index contributed by atoms with van der Waals surface area (Å²) < 4.78 is 0. The van der Waals surface area contributed by atoms with E-state index >= 15 is 0 Å². The second kappa shape index (κ2) is 5.60. The summed E-state index contributed by atoms with van der Waals surface area (Å²) in [4.78, 5) is 8.02. The Labute approximate surface area is 107 Å². The maximum atomic E-state index is 9.89. The maximum absolute atomic E-state index is 9.89. The van der Waals surface area contributed by atoms with Gasteiger partial charge in [0, 0.05) is 24.3 Å². The molecule has 2 aromatic rings. The van der Waals surface area contributed by atoms with Gasteiger partial charge < -0.3 is 10.4 Å². The Hall–Kier alpha value is -1.94. The predicted molar refractivity (Wildman–Crippen MR) is 70.1 cm³/mol. The van der Waals surface area contributed by atoms with Crippen LogP contribution in [-0.2, 0) is 6.54 Å². The van der Waals surface area contributed by atoms with Crippen LogP contribution in [0, 0.1) is 6.92 Å². The van der Waals surface area contributed by atoms with Gasteiger partial charge in [0.2, 0.25) is 0 Å². The summed E-state index contributed by atoms with van der Waals surface area (Å²) in [7, 11) is 0. The van der Waals surface area contributed by atoms with Crippen molar-refractivity contribution in [1.82, 2.24) is 15.3 Å². The Morgan fingerprint density at radius 2 is 2.17 bits per heavy atom. The Bertz CT molecular complexity index is 514. The average Bonchev–Trinajstić information content (AvgIpc) is 2.37. The number of aromatic hydroxyl groups is 1. The number of rotatable bonds is 4. The van der Waals surface area contributed by atoms with Crippen LogP contribution >= 0.6 is 0 Å². The largest absolute Gasteiger partial charge is 0.508 e. The molecule has 0 aliphatic rings. The van der Waals surface area contributed by atoms with Crippen molar-refractivity contribution in [2.45, 2.75) is 26.4 Å². The van der Waals surface area contributed by atoms with Crippen LogP contribution < -0.4 is 5.32 Å². The first-order chi connectivity index (χ1) is 8.66. The van der Waals surface area contributed by atoms with Crippen molar-refractivity contribution in [3.05, 3.63) is 53.6 Å². The molecular weight excluding hydrogens is 226 g/mol. The van der Waals surface area contributed by atoms with Crippen molar-refractivity contribution >= 4 is 0 Å². The lowest BCUT2D eigenvalue weighted by Crippen LogP contribution is -2.18. The lowest BCUT2D eigenvalue weighted by molar-refractivity contribution is 0.451. The van der Waals surface area contributed by atoms with E-state index in [2.05, 4.69) is 15.3 Å². The topological polar surface area (TPSA) is 58.0 Å². The van der Waals surface area contributed by atoms with E-state index in [9.17, 15) is 5.11 Å². The van der Waals surface area contributed by atoms with Gasteiger partial charge in [-0.15, -0.1) is 0 Å². The van der Waals surface area contributed by atoms with Crippen LogP contribution in [0.5, 0.6) is 5.75 Å². The van der Waals surface area contributed by atoms with Gasteiger partial charge in [0.05, 0.1) is 5.69 Å². The molecule has 1 heterocycles. The van der Waals surface area contributed by atoms with Crippen LogP contribution in [0.1, 0.15) is 29.8 Å². The quantitative estimate of drug-likeness (QED) is 0.865. The molecule has 1 atom stereocenters. The van der Waals surface area contributed by atoms with Crippen LogP contribution in [0.4, 0.5) is 0 Å². The van der Waals surface area contributed by atoms with Gasteiger partial charge in [-0.3, -0.25) is 0 Å². The minimum Gasteiger partial charge on any atom is -0.508 e. The molecule has 4 heteroatoms. The molecule has 1 unspecified atom stereocenters. The lowest BCUT2D eigenvalue weighted by Gasteiger charge is -2.15. The van der Waals surface area contributed by atoms with E-state index < -0.39 is 0 Å². The van der Waals surface area contributed by atoms with Gasteiger partial charge in [0.1, 0.15) is 12.1 Å². The van der Waals surface area contributed by atoms with Crippen molar-refractivity contribution < 1.29 is 5.11 Å². The third kappa shape index (κ3) is 3.05. The first kappa shape index (κ1) is 12.5. The fourth-order valence-corrected chi connectivity index (χ4v) is 1.81. The molecule has 1 aromatic heterocycles. The van der Waals surface area contributed by atoms with Crippen molar-refractivity contribution in [3.8, 4) is 5.75 Å². The average molecular weight is 243 g/mol. The number of nitrogens with one attached hydrogen (secondary N) is 1. The number of aryl methyl sites for hydroxylation is 1. The summed E-state index contributed by atoms with van der Waals surface area (Å²) >= 11 is 0. The number of phenolic OH excluding ortho intramolecular Hbond substituents is 1. The van der Waals surface area contributed by atoms with Gasteiger partial charge in [-0.1, -0.05) is 12.1 Å². The molecule has 0 amide bonds. The maximum Gasteiger partial charge on any atom is 0.120 e. The molecule has 2 N–H and O–H groups in total. The first-order valence-electron chi connectivity index (χ1n) is 5.94. The highest BCUT2D eigenvalue weighted by molar-refractivity contribution is 5.37. The highest BCUT2D eigenvalue weighted by Gasteiger charge is 2.09. The Balaban J connectivity index is 2.01. The number of benzene rings is 1. The molecular formula is C14H17N3O. The molecule has 0 radical (unpaired) electrons. The van der Waals surface area contributed by atoms with Crippen molar-refractivity contribution in [3.63, 3.8) is 0 Å². The van der Waals surface area contributed by atoms with Crippen molar-refractivity contribution in [2.24, 2.45) is 0 Å². The monoisotopic (exact) mass is 243 g/mol. The number of nitrogens with zero attached hydrogens (tertiary/aromatic N) is 2. The minimum absolute atomic E-state index is 0.0700. The molecule has 2 rings (SSSR count). The van der Waals surface area contributed by atoms with Gasteiger partial charge >= 0.3 is 0 Å². The second-order valence-corrected chi connectivity index (χ2v) is 4.37. The fourth-order valence-electron chi connectivity index (χ4n) is 1.81. The van der Waals surface area contributed by atoms with E-state index in [1.807, 2.05) is 32.0 Å². The molecule has 0 saturated carbocycles. The zero-order valence-electron chi connectivity index (χ0n) is 10.6. The molecule has 0 spiro atoms. The molecule has 4 nitrogen and oxygen atoms in total. The normalized spacial score (nSPS) is 12.3. The van der Waals surface area contributed by atoms with E-state index in [0.717, 1.165) is 16.8 Å². The smallest absolute Gasteiger partial charge is 0.120 e. The van der Waals surface area contributed by atoms with E-state index in [1.54, 1.807) is 12.3 Å². The number of phenols is 1. The van der Waals surface area contributed by atoms with E-state index in [0.29, 0.717) is 12.3 Å². The molecule has 1 aromatic carbocycles. The zero-order valence-corrected chi connectivity index (χ0v) is 10.6. The molecule has 0 fully saturated rings. The lowest BCUT2D eigenvalue weighted by atomic mass is 10.1. The Kier molecular flexibility index (Phi) is 3.89. The van der Waals surface area contributed by atoms with Crippen LogP contribution in [0.3, 0.4) is 0 Å². The predicted octanol–water partition coefficient (Wildman–Crippen LogP) is 2.34. The fraction of sp³-hybridized carbons (Fsp3) is 0.286. The van der Waals surface area contributed by atoms with Gasteiger partial charge in [-0.25, -0.2) is 9.97 Å². The van der Waals surface area contributed by atoms with Crippen LogP contribution in [-0.4, -0.2) is 15.1 Å². The van der Waals surface area contributed by atoms with Crippen LogP contribution in [0.25, 0.3) is 0 Å². The van der Waals surface area contributed by atoms with E-state index in [1.165, 1.54) is 6.33 Å².